The summed E-state index contributed by atoms with van der Waals surface area (Å²) in [5.74, 6) is 2.64. The molecular weight excluding hydrogens is 364 g/mol. The van der Waals surface area contributed by atoms with Crippen LogP contribution in [-0.4, -0.2) is 54.8 Å². The van der Waals surface area contributed by atoms with Gasteiger partial charge in [-0.25, -0.2) is 4.68 Å². The molecule has 2 aliphatic heterocycles. The van der Waals surface area contributed by atoms with E-state index >= 15 is 0 Å². The highest BCUT2D eigenvalue weighted by Crippen LogP contribution is 2.38. The average molecular weight is 384 g/mol. The van der Waals surface area contributed by atoms with Crippen LogP contribution >= 0.6 is 0 Å². The van der Waals surface area contributed by atoms with Gasteiger partial charge in [0.15, 0.2) is 16.7 Å². The topological polar surface area (TPSA) is 141 Å². The Kier molecular flexibility index (Phi) is 4.54. The van der Waals surface area contributed by atoms with Gasteiger partial charge < -0.3 is 4.90 Å². The number of carbonyl (C=O) groups excluding carboxylic acids is 1. The molecule has 11 nitrogen and oxygen atoms in total. The predicted octanol–water partition coefficient (Wildman–Crippen LogP) is 0.327. The van der Waals surface area contributed by atoms with Crippen molar-refractivity contribution in [1.29, 1.82) is 0 Å². The van der Waals surface area contributed by atoms with Crippen molar-refractivity contribution in [3.8, 4) is 12.3 Å². The molecule has 2 N–H and O–H groups in total. The van der Waals surface area contributed by atoms with Gasteiger partial charge in [-0.1, -0.05) is 5.21 Å². The van der Waals surface area contributed by atoms with E-state index in [1.807, 2.05) is 4.90 Å². The van der Waals surface area contributed by atoms with Crippen LogP contribution in [0.4, 0.5) is 0 Å². The number of rotatable bonds is 6. The van der Waals surface area contributed by atoms with Gasteiger partial charge in [0.2, 0.25) is 5.91 Å². The maximum absolute atomic E-state index is 12.5. The Morgan fingerprint density at radius 1 is 1.18 bits per heavy atom. The van der Waals surface area contributed by atoms with E-state index in [1.54, 1.807) is 0 Å². The first-order valence-corrected chi connectivity index (χ1v) is 9.24. The van der Waals surface area contributed by atoms with Crippen LogP contribution in [0.5, 0.6) is 0 Å². The van der Waals surface area contributed by atoms with E-state index in [0.29, 0.717) is 51.6 Å². The molecule has 1 saturated heterocycles. The summed E-state index contributed by atoms with van der Waals surface area (Å²) in [5, 5.41) is 20.5. The summed E-state index contributed by atoms with van der Waals surface area (Å²) >= 11 is 0. The standard InChI is InChI=1S/C17H20N8O3/c1-2-3-7-17(21-22-17)8-4-12(26)24-9-5-11(6-10-24)25-14-13(18-23-25)15(27)19-20-16(14)28/h1,11H,3-10H2,(H,19,27)(H,20,28). The summed E-state index contributed by atoms with van der Waals surface area (Å²) in [4.78, 5) is 38.2. The molecule has 2 aromatic heterocycles. The van der Waals surface area contributed by atoms with Crippen LogP contribution in [0.1, 0.15) is 44.6 Å². The molecule has 0 radical (unpaired) electrons. The number of aromatic amines is 2. The lowest BCUT2D eigenvalue weighted by molar-refractivity contribution is -0.132. The number of hydrogen-bond donors (Lipinski definition) is 2. The normalized spacial score (nSPS) is 18.3. The van der Waals surface area contributed by atoms with E-state index in [2.05, 4.69) is 36.7 Å². The van der Waals surface area contributed by atoms with Gasteiger partial charge in [0.05, 0.1) is 6.04 Å². The number of nitrogens with zero attached hydrogens (tertiary/aromatic N) is 6. The van der Waals surface area contributed by atoms with Crippen LogP contribution in [0.3, 0.4) is 0 Å². The van der Waals surface area contributed by atoms with Gasteiger partial charge in [-0.3, -0.25) is 24.6 Å². The number of likely N-dealkylation sites (tertiary alicyclic amines) is 1. The quantitative estimate of drug-likeness (QED) is 0.690. The van der Waals surface area contributed by atoms with E-state index in [-0.39, 0.29) is 23.0 Å². The second-order valence-electron chi connectivity index (χ2n) is 7.14. The summed E-state index contributed by atoms with van der Waals surface area (Å²) in [7, 11) is 0. The highest BCUT2D eigenvalue weighted by molar-refractivity contribution is 5.76. The number of carbonyl (C=O) groups is 1. The molecule has 2 aromatic rings. The SMILES string of the molecule is C#CCCC1(CCC(=O)N2CCC(n3nnc4c(=O)[nH][nH]c(=O)c43)CC2)N=N1. The lowest BCUT2D eigenvalue weighted by atomic mass is 10.0. The fraction of sp³-hybridized carbons (Fsp3) is 0.588. The monoisotopic (exact) mass is 384 g/mol. The van der Waals surface area contributed by atoms with Gasteiger partial charge in [-0.15, -0.1) is 17.4 Å². The van der Waals surface area contributed by atoms with E-state index in [1.165, 1.54) is 4.68 Å². The lowest BCUT2D eigenvalue weighted by Gasteiger charge is -2.32. The third kappa shape index (κ3) is 3.33. The summed E-state index contributed by atoms with van der Waals surface area (Å²) in [6.07, 6.45) is 8.79. The number of aromatic nitrogens is 5. The summed E-state index contributed by atoms with van der Waals surface area (Å²) in [6, 6.07) is -0.0904. The van der Waals surface area contributed by atoms with Crippen LogP contribution in [0, 0.1) is 12.3 Å². The number of terminal acetylenes is 1. The van der Waals surface area contributed by atoms with Gasteiger partial charge in [0, 0.05) is 38.8 Å². The molecule has 28 heavy (non-hydrogen) atoms. The molecule has 4 rings (SSSR count). The Balaban J connectivity index is 1.36. The molecule has 0 unspecified atom stereocenters. The maximum Gasteiger partial charge on any atom is 0.292 e. The molecule has 11 heteroatoms. The Morgan fingerprint density at radius 3 is 2.57 bits per heavy atom. The second kappa shape index (κ2) is 7.03. The Bertz CT molecular complexity index is 1070. The fourth-order valence-corrected chi connectivity index (χ4v) is 3.64. The first kappa shape index (κ1) is 18.1. The summed E-state index contributed by atoms with van der Waals surface area (Å²) in [5.41, 5.74) is -1.18. The maximum atomic E-state index is 12.5. The minimum Gasteiger partial charge on any atom is -0.343 e. The van der Waals surface area contributed by atoms with Crippen LogP contribution in [0.2, 0.25) is 0 Å². The van der Waals surface area contributed by atoms with Crippen LogP contribution in [0.15, 0.2) is 19.8 Å². The molecule has 0 atom stereocenters. The number of hydrogen-bond acceptors (Lipinski definition) is 7. The van der Waals surface area contributed by atoms with Gasteiger partial charge in [-0.05, 0) is 12.8 Å². The molecule has 1 fully saturated rings. The molecule has 0 bridgehead atoms. The predicted molar refractivity (Wildman–Crippen MR) is 98.5 cm³/mol. The lowest BCUT2D eigenvalue weighted by Crippen LogP contribution is -2.40. The van der Waals surface area contributed by atoms with Gasteiger partial charge in [0.25, 0.3) is 11.1 Å². The zero-order valence-corrected chi connectivity index (χ0v) is 15.2. The van der Waals surface area contributed by atoms with Gasteiger partial charge >= 0.3 is 0 Å². The number of H-pyrrole nitrogens is 2. The molecule has 4 heterocycles. The van der Waals surface area contributed by atoms with E-state index in [0.717, 1.165) is 0 Å². The number of piperidine rings is 1. The van der Waals surface area contributed by atoms with Crippen molar-refractivity contribution in [2.45, 2.75) is 50.2 Å². The largest absolute Gasteiger partial charge is 0.343 e. The Morgan fingerprint density at radius 2 is 1.89 bits per heavy atom. The Hall–Kier alpha value is -3.29. The molecule has 146 valence electrons. The molecule has 0 spiro atoms. The molecule has 0 aromatic carbocycles. The van der Waals surface area contributed by atoms with Gasteiger partial charge in [0.1, 0.15) is 0 Å². The van der Waals surface area contributed by atoms with Crippen molar-refractivity contribution in [3.63, 3.8) is 0 Å². The van der Waals surface area contributed by atoms with E-state index in [9.17, 15) is 14.4 Å². The van der Waals surface area contributed by atoms with Crippen molar-refractivity contribution < 1.29 is 4.79 Å². The van der Waals surface area contributed by atoms with Crippen molar-refractivity contribution in [2.75, 3.05) is 13.1 Å². The van der Waals surface area contributed by atoms with Crippen molar-refractivity contribution in [3.05, 3.63) is 20.7 Å². The minimum atomic E-state index is -0.483. The summed E-state index contributed by atoms with van der Waals surface area (Å²) < 4.78 is 1.50. The van der Waals surface area contributed by atoms with Crippen molar-refractivity contribution in [2.24, 2.45) is 10.2 Å². The molecular formula is C17H20N8O3. The van der Waals surface area contributed by atoms with Crippen LogP contribution in [-0.2, 0) is 4.79 Å². The number of nitrogens with one attached hydrogen (secondary N) is 2. The molecule has 2 aliphatic rings. The van der Waals surface area contributed by atoms with E-state index < -0.39 is 16.8 Å². The average Bonchev–Trinajstić information content (AvgIpc) is 3.34. The van der Waals surface area contributed by atoms with Crippen molar-refractivity contribution in [1.82, 2.24) is 30.1 Å². The highest BCUT2D eigenvalue weighted by Gasteiger charge is 2.40. The highest BCUT2D eigenvalue weighted by atomic mass is 16.2. The first-order valence-electron chi connectivity index (χ1n) is 9.24. The fourth-order valence-electron chi connectivity index (χ4n) is 3.64. The van der Waals surface area contributed by atoms with Gasteiger partial charge in [-0.2, -0.15) is 10.2 Å². The van der Waals surface area contributed by atoms with Crippen molar-refractivity contribution >= 4 is 16.9 Å². The Labute approximate surface area is 159 Å². The smallest absolute Gasteiger partial charge is 0.292 e. The minimum absolute atomic E-state index is 0.0245. The second-order valence-corrected chi connectivity index (χ2v) is 7.14. The molecule has 1 amide bonds. The molecule has 0 saturated carbocycles. The van der Waals surface area contributed by atoms with E-state index in [4.69, 9.17) is 6.42 Å². The first-order chi connectivity index (χ1) is 13.5. The summed E-state index contributed by atoms with van der Waals surface area (Å²) in [6.45, 7) is 1.11. The zero-order chi connectivity index (χ0) is 19.7. The molecule has 0 aliphatic carbocycles. The van der Waals surface area contributed by atoms with Crippen LogP contribution < -0.4 is 11.1 Å². The number of amides is 1. The third-order valence-corrected chi connectivity index (χ3v) is 5.37. The van der Waals surface area contributed by atoms with Crippen LogP contribution in [0.25, 0.3) is 11.0 Å². The zero-order valence-electron chi connectivity index (χ0n) is 15.2. The third-order valence-electron chi connectivity index (χ3n) is 5.37. The number of fused-ring (bicyclic) bond motifs is 1.